The first-order valence-corrected chi connectivity index (χ1v) is 11.2. The van der Waals surface area contributed by atoms with Gasteiger partial charge >= 0.3 is 6.09 Å². The number of imidazole rings is 1. The number of unbranched alkanes of at least 4 members (excludes halogenated alkanes) is 3. The number of aromatic nitrogens is 3. The van der Waals surface area contributed by atoms with E-state index in [2.05, 4.69) is 16.3 Å². The quantitative estimate of drug-likeness (QED) is 0.628. The molecule has 166 valence electrons. The molecular weight excluding hydrogens is 380 g/mol. The van der Waals surface area contributed by atoms with Crippen LogP contribution in [0, 0.1) is 6.92 Å². The standard InChI is InChI=1S/C23H36N4O3/c1-6-7-8-9-10-19-20(27-16-24-17(2)13-21(27)25-19)14-18-15-26(11-12-29-18)22(28)30-23(3,4)5/h13,16,18H,6-12,14-15H2,1-5H3. The Hall–Kier alpha value is -2.15. The Balaban J connectivity index is 1.75. The zero-order chi connectivity index (χ0) is 21.7. The lowest BCUT2D eigenvalue weighted by molar-refractivity contribution is -0.0419. The van der Waals surface area contributed by atoms with Crippen molar-refractivity contribution in [3.63, 3.8) is 0 Å². The van der Waals surface area contributed by atoms with Crippen molar-refractivity contribution in [2.75, 3.05) is 19.7 Å². The number of hydrogen-bond donors (Lipinski definition) is 0. The van der Waals surface area contributed by atoms with Gasteiger partial charge in [-0.05, 0) is 40.5 Å². The predicted molar refractivity (Wildman–Crippen MR) is 117 cm³/mol. The minimum absolute atomic E-state index is 0.0816. The second-order valence-electron chi connectivity index (χ2n) is 9.20. The number of ether oxygens (including phenoxy) is 2. The topological polar surface area (TPSA) is 69.0 Å². The molecule has 0 aliphatic carbocycles. The third-order valence-corrected chi connectivity index (χ3v) is 5.31. The summed E-state index contributed by atoms with van der Waals surface area (Å²) in [5.41, 5.74) is 3.66. The number of carbonyl (C=O) groups is 1. The summed E-state index contributed by atoms with van der Waals surface area (Å²) in [6, 6.07) is 2.02. The van der Waals surface area contributed by atoms with E-state index in [1.54, 1.807) is 4.90 Å². The van der Waals surface area contributed by atoms with Gasteiger partial charge in [0.1, 0.15) is 17.6 Å². The summed E-state index contributed by atoms with van der Waals surface area (Å²) >= 11 is 0. The lowest BCUT2D eigenvalue weighted by atomic mass is 10.1. The van der Waals surface area contributed by atoms with Crippen LogP contribution in [0.4, 0.5) is 4.79 Å². The molecule has 3 rings (SSSR count). The summed E-state index contributed by atoms with van der Waals surface area (Å²) < 4.78 is 13.7. The number of rotatable bonds is 7. The molecule has 7 heteroatoms. The molecule has 1 fully saturated rings. The second kappa shape index (κ2) is 9.77. The fourth-order valence-corrected chi connectivity index (χ4v) is 3.82. The molecule has 0 radical (unpaired) electrons. The fourth-order valence-electron chi connectivity index (χ4n) is 3.82. The van der Waals surface area contributed by atoms with Gasteiger partial charge in [-0.3, -0.25) is 4.40 Å². The van der Waals surface area contributed by atoms with Crippen LogP contribution in [0.2, 0.25) is 0 Å². The average Bonchev–Trinajstić information content (AvgIpc) is 3.00. The van der Waals surface area contributed by atoms with Gasteiger partial charge in [-0.1, -0.05) is 26.2 Å². The monoisotopic (exact) mass is 416 g/mol. The van der Waals surface area contributed by atoms with Crippen molar-refractivity contribution in [2.45, 2.75) is 84.8 Å². The van der Waals surface area contributed by atoms with E-state index in [-0.39, 0.29) is 12.2 Å². The zero-order valence-electron chi connectivity index (χ0n) is 19.1. The third kappa shape index (κ3) is 5.94. The maximum absolute atomic E-state index is 12.5. The molecular formula is C23H36N4O3. The summed E-state index contributed by atoms with van der Waals surface area (Å²) in [5.74, 6) is 0. The number of nitrogens with zero attached hydrogens (tertiary/aromatic N) is 4. The van der Waals surface area contributed by atoms with Crippen molar-refractivity contribution in [1.82, 2.24) is 19.3 Å². The summed E-state index contributed by atoms with van der Waals surface area (Å²) in [4.78, 5) is 23.6. The van der Waals surface area contributed by atoms with Gasteiger partial charge in [0.15, 0.2) is 0 Å². The minimum Gasteiger partial charge on any atom is -0.444 e. The summed E-state index contributed by atoms with van der Waals surface area (Å²) in [6.07, 6.45) is 7.98. The van der Waals surface area contributed by atoms with Gasteiger partial charge < -0.3 is 14.4 Å². The van der Waals surface area contributed by atoms with Crippen LogP contribution in [-0.2, 0) is 22.3 Å². The van der Waals surface area contributed by atoms with Crippen molar-refractivity contribution in [1.29, 1.82) is 0 Å². The molecule has 1 aliphatic heterocycles. The van der Waals surface area contributed by atoms with E-state index < -0.39 is 5.60 Å². The number of aryl methyl sites for hydroxylation is 2. The summed E-state index contributed by atoms with van der Waals surface area (Å²) in [7, 11) is 0. The smallest absolute Gasteiger partial charge is 0.410 e. The Morgan fingerprint density at radius 1 is 1.30 bits per heavy atom. The molecule has 1 unspecified atom stereocenters. The molecule has 1 saturated heterocycles. The first-order valence-electron chi connectivity index (χ1n) is 11.2. The van der Waals surface area contributed by atoms with Crippen molar-refractivity contribution < 1.29 is 14.3 Å². The van der Waals surface area contributed by atoms with E-state index in [0.29, 0.717) is 26.1 Å². The van der Waals surface area contributed by atoms with E-state index >= 15 is 0 Å². The molecule has 30 heavy (non-hydrogen) atoms. The Labute approximate surface area is 179 Å². The predicted octanol–water partition coefficient (Wildman–Crippen LogP) is 4.34. The van der Waals surface area contributed by atoms with E-state index in [9.17, 15) is 4.79 Å². The third-order valence-electron chi connectivity index (χ3n) is 5.31. The van der Waals surface area contributed by atoms with Crippen molar-refractivity contribution in [3.05, 3.63) is 29.5 Å². The van der Waals surface area contributed by atoms with Crippen LogP contribution in [0.1, 0.15) is 70.5 Å². The zero-order valence-corrected chi connectivity index (χ0v) is 19.1. The number of morpholine rings is 1. The average molecular weight is 417 g/mol. The Morgan fingerprint density at radius 2 is 2.10 bits per heavy atom. The Kier molecular flexibility index (Phi) is 7.34. The number of carbonyl (C=O) groups excluding carboxylic acids is 1. The maximum Gasteiger partial charge on any atom is 0.410 e. The Bertz CT molecular complexity index is 856. The van der Waals surface area contributed by atoms with Gasteiger partial charge in [-0.25, -0.2) is 14.8 Å². The highest BCUT2D eigenvalue weighted by Gasteiger charge is 2.29. The molecule has 0 saturated carbocycles. The molecule has 0 bridgehead atoms. The molecule has 0 aromatic carbocycles. The SMILES string of the molecule is CCCCCCc1nc2cc(C)ncn2c1CC1CN(C(=O)OC(C)(C)C)CCO1. The van der Waals surface area contributed by atoms with Gasteiger partial charge in [0, 0.05) is 30.4 Å². The summed E-state index contributed by atoms with van der Waals surface area (Å²) in [5, 5.41) is 0. The van der Waals surface area contributed by atoms with Gasteiger partial charge in [-0.15, -0.1) is 0 Å². The lowest BCUT2D eigenvalue weighted by Gasteiger charge is -2.34. The molecule has 2 aromatic heterocycles. The number of amides is 1. The minimum atomic E-state index is -0.498. The van der Waals surface area contributed by atoms with Crippen LogP contribution in [-0.4, -0.2) is 56.8 Å². The maximum atomic E-state index is 12.5. The van der Waals surface area contributed by atoms with Gasteiger partial charge in [0.05, 0.1) is 24.9 Å². The molecule has 2 aromatic rings. The molecule has 1 aliphatic rings. The van der Waals surface area contributed by atoms with Crippen LogP contribution in [0.25, 0.3) is 5.65 Å². The van der Waals surface area contributed by atoms with Crippen LogP contribution < -0.4 is 0 Å². The molecule has 0 spiro atoms. The second-order valence-corrected chi connectivity index (χ2v) is 9.20. The van der Waals surface area contributed by atoms with Gasteiger partial charge in [0.2, 0.25) is 0 Å². The molecule has 1 amide bonds. The van der Waals surface area contributed by atoms with E-state index in [1.165, 1.54) is 19.3 Å². The fraction of sp³-hybridized carbons (Fsp3) is 0.696. The van der Waals surface area contributed by atoms with Crippen LogP contribution >= 0.6 is 0 Å². The van der Waals surface area contributed by atoms with Crippen LogP contribution in [0.15, 0.2) is 12.4 Å². The highest BCUT2D eigenvalue weighted by Crippen LogP contribution is 2.21. The van der Waals surface area contributed by atoms with Crippen LogP contribution in [0.3, 0.4) is 0 Å². The lowest BCUT2D eigenvalue weighted by Crippen LogP contribution is -2.48. The van der Waals surface area contributed by atoms with Crippen molar-refractivity contribution >= 4 is 11.7 Å². The highest BCUT2D eigenvalue weighted by atomic mass is 16.6. The molecule has 1 atom stereocenters. The largest absolute Gasteiger partial charge is 0.444 e. The normalized spacial score (nSPS) is 17.5. The number of hydrogen-bond acceptors (Lipinski definition) is 5. The van der Waals surface area contributed by atoms with Gasteiger partial charge in [-0.2, -0.15) is 0 Å². The van der Waals surface area contributed by atoms with Crippen molar-refractivity contribution in [3.8, 4) is 0 Å². The first-order chi connectivity index (χ1) is 14.3. The molecule has 7 nitrogen and oxygen atoms in total. The number of fused-ring (bicyclic) bond motifs is 1. The highest BCUT2D eigenvalue weighted by molar-refractivity contribution is 5.68. The van der Waals surface area contributed by atoms with Gasteiger partial charge in [0.25, 0.3) is 0 Å². The van der Waals surface area contributed by atoms with E-state index in [0.717, 1.165) is 35.6 Å². The van der Waals surface area contributed by atoms with E-state index in [1.807, 2.05) is 40.1 Å². The first kappa shape index (κ1) is 22.5. The molecule has 3 heterocycles. The van der Waals surface area contributed by atoms with E-state index in [4.69, 9.17) is 14.5 Å². The Morgan fingerprint density at radius 3 is 2.83 bits per heavy atom. The molecule has 0 N–H and O–H groups in total. The summed E-state index contributed by atoms with van der Waals surface area (Å²) in [6.45, 7) is 11.5. The van der Waals surface area contributed by atoms with Crippen molar-refractivity contribution in [2.24, 2.45) is 0 Å². The van der Waals surface area contributed by atoms with Crippen LogP contribution in [0.5, 0.6) is 0 Å².